The van der Waals surface area contributed by atoms with E-state index in [1.54, 1.807) is 11.8 Å². The smallest absolute Gasteiger partial charge is 0.360 e. The van der Waals surface area contributed by atoms with Crippen molar-refractivity contribution >= 4 is 16.9 Å². The fourth-order valence-electron chi connectivity index (χ4n) is 1.84. The normalized spacial score (nSPS) is 20.8. The molecule has 2 nitrogen and oxygen atoms in total. The minimum Gasteiger partial charge on any atom is -0.360 e. The third-order valence-electron chi connectivity index (χ3n) is 3.10. The molecule has 1 heterocycles. The summed E-state index contributed by atoms with van der Waals surface area (Å²) >= 11 is 1.65. The third kappa shape index (κ3) is 4.16. The summed E-state index contributed by atoms with van der Waals surface area (Å²) in [5, 5.41) is 4.19. The van der Waals surface area contributed by atoms with Crippen molar-refractivity contribution in [3.05, 3.63) is 35.4 Å². The Labute approximate surface area is 120 Å². The first-order valence-electron chi connectivity index (χ1n) is 6.38. The molecule has 0 aromatic heterocycles. The van der Waals surface area contributed by atoms with Gasteiger partial charge in [-0.2, -0.15) is 13.2 Å². The van der Waals surface area contributed by atoms with Crippen molar-refractivity contribution in [2.45, 2.75) is 38.5 Å². The number of nitrogens with one attached hydrogen (secondary N) is 1. The van der Waals surface area contributed by atoms with Gasteiger partial charge in [-0.25, -0.2) is 0 Å². The molecule has 2 rings (SSSR count). The summed E-state index contributed by atoms with van der Waals surface area (Å²) in [4.78, 5) is 4.43. The molecular weight excluding hydrogens is 285 g/mol. The summed E-state index contributed by atoms with van der Waals surface area (Å²) in [5.41, 5.74) is 0.181. The average molecular weight is 302 g/mol. The number of hydrogen-bond acceptors (Lipinski definition) is 2. The first kappa shape index (κ1) is 15.2. The average Bonchev–Trinajstić information content (AvgIpc) is 2.35. The van der Waals surface area contributed by atoms with Crippen LogP contribution in [0, 0.1) is 0 Å². The van der Waals surface area contributed by atoms with Crippen molar-refractivity contribution in [2.75, 3.05) is 5.75 Å². The Hall–Kier alpha value is -1.17. The molecule has 0 aliphatic carbocycles. The van der Waals surface area contributed by atoms with Crippen LogP contribution in [0.15, 0.2) is 29.3 Å². The van der Waals surface area contributed by atoms with Gasteiger partial charge in [0.2, 0.25) is 0 Å². The number of aliphatic imine (C=N–C) groups is 1. The van der Waals surface area contributed by atoms with Gasteiger partial charge in [0.25, 0.3) is 0 Å². The monoisotopic (exact) mass is 302 g/mol. The summed E-state index contributed by atoms with van der Waals surface area (Å²) in [6, 6.07) is 5.15. The molecule has 1 aliphatic rings. The molecule has 1 aromatic rings. The molecule has 0 amide bonds. The first-order chi connectivity index (χ1) is 9.26. The van der Waals surface area contributed by atoms with Crippen LogP contribution >= 0.6 is 11.8 Å². The van der Waals surface area contributed by atoms with Crippen molar-refractivity contribution < 1.29 is 13.2 Å². The van der Waals surface area contributed by atoms with E-state index in [1.165, 1.54) is 12.1 Å². The minimum absolute atomic E-state index is 0.0320. The van der Waals surface area contributed by atoms with Gasteiger partial charge in [0.1, 0.15) is 0 Å². The van der Waals surface area contributed by atoms with Gasteiger partial charge in [0.05, 0.1) is 12.1 Å². The molecular formula is C14H17F3N2S. The van der Waals surface area contributed by atoms with Crippen molar-refractivity contribution in [1.82, 2.24) is 5.32 Å². The molecule has 1 N–H and O–H groups in total. The molecule has 1 fully saturated rings. The summed E-state index contributed by atoms with van der Waals surface area (Å²) in [6.45, 7) is 4.62. The van der Waals surface area contributed by atoms with E-state index in [0.29, 0.717) is 6.54 Å². The number of rotatable bonds is 2. The van der Waals surface area contributed by atoms with Gasteiger partial charge in [0.15, 0.2) is 5.17 Å². The number of nitrogens with zero attached hydrogens (tertiary/aromatic N) is 1. The van der Waals surface area contributed by atoms with E-state index in [2.05, 4.69) is 24.2 Å². The van der Waals surface area contributed by atoms with Crippen molar-refractivity contribution in [3.8, 4) is 0 Å². The number of hydrogen-bond donors (Lipinski definition) is 1. The number of amidine groups is 1. The van der Waals surface area contributed by atoms with Crippen LogP contribution in [0.2, 0.25) is 0 Å². The van der Waals surface area contributed by atoms with Crippen LogP contribution in [0.5, 0.6) is 0 Å². The van der Waals surface area contributed by atoms with Crippen molar-refractivity contribution in [2.24, 2.45) is 4.99 Å². The quantitative estimate of drug-likeness (QED) is 0.890. The van der Waals surface area contributed by atoms with E-state index in [-0.39, 0.29) is 5.54 Å². The second kappa shape index (κ2) is 5.68. The van der Waals surface area contributed by atoms with E-state index >= 15 is 0 Å². The van der Waals surface area contributed by atoms with Crippen LogP contribution in [0.25, 0.3) is 0 Å². The lowest BCUT2D eigenvalue weighted by molar-refractivity contribution is -0.137. The van der Waals surface area contributed by atoms with Gasteiger partial charge in [-0.15, -0.1) is 0 Å². The molecule has 0 spiro atoms. The molecule has 20 heavy (non-hydrogen) atoms. The van der Waals surface area contributed by atoms with Gasteiger partial charge in [-0.3, -0.25) is 4.99 Å². The van der Waals surface area contributed by atoms with Crippen molar-refractivity contribution in [3.63, 3.8) is 0 Å². The number of thioether (sulfide) groups is 1. The molecule has 1 aromatic carbocycles. The zero-order valence-corrected chi connectivity index (χ0v) is 12.2. The second-order valence-corrected chi connectivity index (χ2v) is 6.51. The maximum absolute atomic E-state index is 12.4. The summed E-state index contributed by atoms with van der Waals surface area (Å²) in [5.74, 6) is 1.01. The van der Waals surface area contributed by atoms with Crippen LogP contribution in [-0.4, -0.2) is 16.5 Å². The highest BCUT2D eigenvalue weighted by Gasteiger charge is 2.30. The van der Waals surface area contributed by atoms with Gasteiger partial charge >= 0.3 is 6.18 Å². The number of benzene rings is 1. The zero-order chi connectivity index (χ0) is 14.8. The van der Waals surface area contributed by atoms with Crippen LogP contribution in [0.1, 0.15) is 31.4 Å². The lowest BCUT2D eigenvalue weighted by Gasteiger charge is -2.32. The maximum Gasteiger partial charge on any atom is 0.416 e. The van der Waals surface area contributed by atoms with Crippen molar-refractivity contribution in [1.29, 1.82) is 0 Å². The number of alkyl halides is 3. The SMILES string of the molecule is CC1(C)CCSC(=NCc2ccc(C(F)(F)F)cc2)N1. The summed E-state index contributed by atoms with van der Waals surface area (Å²) < 4.78 is 37.3. The third-order valence-corrected chi connectivity index (χ3v) is 4.01. The molecule has 0 radical (unpaired) electrons. The van der Waals surface area contributed by atoms with E-state index < -0.39 is 11.7 Å². The summed E-state index contributed by atoms with van der Waals surface area (Å²) in [7, 11) is 0. The lowest BCUT2D eigenvalue weighted by Crippen LogP contribution is -2.46. The highest BCUT2D eigenvalue weighted by Crippen LogP contribution is 2.29. The second-order valence-electron chi connectivity index (χ2n) is 5.42. The van der Waals surface area contributed by atoms with Crippen LogP contribution in [-0.2, 0) is 12.7 Å². The molecule has 0 saturated carbocycles. The molecule has 1 saturated heterocycles. The Morgan fingerprint density at radius 1 is 1.25 bits per heavy atom. The predicted octanol–water partition coefficient (Wildman–Crippen LogP) is 4.07. The molecule has 6 heteroatoms. The van der Waals surface area contributed by atoms with E-state index in [9.17, 15) is 13.2 Å². The molecule has 1 aliphatic heterocycles. The Morgan fingerprint density at radius 2 is 1.90 bits per heavy atom. The highest BCUT2D eigenvalue weighted by atomic mass is 32.2. The molecule has 0 unspecified atom stereocenters. The Balaban J connectivity index is 2.00. The summed E-state index contributed by atoms with van der Waals surface area (Å²) in [6.07, 6.45) is -3.22. The van der Waals surface area contributed by atoms with Gasteiger partial charge in [-0.1, -0.05) is 23.9 Å². The van der Waals surface area contributed by atoms with Gasteiger partial charge < -0.3 is 5.32 Å². The minimum atomic E-state index is -4.28. The molecule has 0 atom stereocenters. The maximum atomic E-state index is 12.4. The zero-order valence-electron chi connectivity index (χ0n) is 11.4. The van der Waals surface area contributed by atoms with Gasteiger partial charge in [-0.05, 0) is 38.0 Å². The molecule has 0 bridgehead atoms. The largest absolute Gasteiger partial charge is 0.416 e. The standard InChI is InChI=1S/C14H17F3N2S/c1-13(2)7-8-20-12(19-13)18-9-10-3-5-11(6-4-10)14(15,16)17/h3-6H,7-9H2,1-2H3,(H,18,19). The van der Waals surface area contributed by atoms with Crippen LogP contribution < -0.4 is 5.32 Å². The fraction of sp³-hybridized carbons (Fsp3) is 0.500. The lowest BCUT2D eigenvalue weighted by atomic mass is 10.0. The van der Waals surface area contributed by atoms with Gasteiger partial charge in [0, 0.05) is 11.3 Å². The Bertz CT molecular complexity index is 492. The first-order valence-corrected chi connectivity index (χ1v) is 7.36. The van der Waals surface area contributed by atoms with E-state index in [4.69, 9.17) is 0 Å². The topological polar surface area (TPSA) is 24.4 Å². The Morgan fingerprint density at radius 3 is 2.45 bits per heavy atom. The van der Waals surface area contributed by atoms with E-state index in [1.807, 2.05) is 0 Å². The van der Waals surface area contributed by atoms with Crippen LogP contribution in [0.4, 0.5) is 13.2 Å². The fourth-order valence-corrected chi connectivity index (χ4v) is 3.15. The van der Waals surface area contributed by atoms with Crippen LogP contribution in [0.3, 0.4) is 0 Å². The number of halogens is 3. The molecule has 110 valence electrons. The highest BCUT2D eigenvalue weighted by molar-refractivity contribution is 8.13. The Kier molecular flexibility index (Phi) is 4.32. The predicted molar refractivity (Wildman–Crippen MR) is 76.9 cm³/mol. The van der Waals surface area contributed by atoms with E-state index in [0.717, 1.165) is 35.0 Å².